The van der Waals surface area contributed by atoms with Crippen LogP contribution in [0.4, 0.5) is 10.1 Å². The summed E-state index contributed by atoms with van der Waals surface area (Å²) >= 11 is 3.22. The molecular weight excluding hydrogens is 419 g/mol. The summed E-state index contributed by atoms with van der Waals surface area (Å²) in [5, 5.41) is 10.7. The highest BCUT2D eigenvalue weighted by atomic mass is 79.9. The minimum absolute atomic E-state index is 0.0667. The average molecular weight is 437 g/mol. The molecule has 3 aromatic rings. The monoisotopic (exact) mass is 436 g/mol. The van der Waals surface area contributed by atoms with Gasteiger partial charge in [-0.15, -0.1) is 10.2 Å². The van der Waals surface area contributed by atoms with Crippen LogP contribution in [0.25, 0.3) is 11.7 Å². The molecule has 27 heavy (non-hydrogen) atoms. The second-order valence-electron chi connectivity index (χ2n) is 6.16. The van der Waals surface area contributed by atoms with Gasteiger partial charge in [0.15, 0.2) is 10.4 Å². The Balaban J connectivity index is 1.63. The van der Waals surface area contributed by atoms with Crippen molar-refractivity contribution in [2.24, 2.45) is 0 Å². The summed E-state index contributed by atoms with van der Waals surface area (Å²) < 4.78 is 24.5. The standard InChI is InChI=1S/C18H18BrFN4O3/c1-11(2)24(9-16(25)21-13-5-3-12(20)4-6-13)10-17-22-23-18(27-17)14-7-8-15(19)26-14/h3-8,11H,9-10H2,1-2H3,(H,21,25). The fourth-order valence-electron chi connectivity index (χ4n) is 2.36. The quantitative estimate of drug-likeness (QED) is 0.600. The maximum atomic E-state index is 13.0. The predicted octanol–water partition coefficient (Wildman–Crippen LogP) is 4.08. The van der Waals surface area contributed by atoms with Crippen LogP contribution in [-0.4, -0.2) is 33.6 Å². The third-order valence-electron chi connectivity index (χ3n) is 3.79. The SMILES string of the molecule is CC(C)N(CC(=O)Nc1ccc(F)cc1)Cc1nnc(-c2ccc(Br)o2)o1. The van der Waals surface area contributed by atoms with Crippen LogP contribution in [0.5, 0.6) is 0 Å². The Bertz CT molecular complexity index is 907. The van der Waals surface area contributed by atoms with E-state index in [0.29, 0.717) is 28.6 Å². The fourth-order valence-corrected chi connectivity index (χ4v) is 2.67. The Morgan fingerprint density at radius 2 is 1.93 bits per heavy atom. The van der Waals surface area contributed by atoms with E-state index in [4.69, 9.17) is 8.83 Å². The van der Waals surface area contributed by atoms with Crippen LogP contribution in [0.15, 0.2) is 49.9 Å². The lowest BCUT2D eigenvalue weighted by atomic mass is 10.3. The molecule has 0 unspecified atom stereocenters. The number of amides is 1. The molecule has 1 aromatic carbocycles. The fraction of sp³-hybridized carbons (Fsp3) is 0.278. The van der Waals surface area contributed by atoms with E-state index in [1.54, 1.807) is 12.1 Å². The van der Waals surface area contributed by atoms with Gasteiger partial charge in [-0.1, -0.05) is 0 Å². The Morgan fingerprint density at radius 3 is 2.56 bits per heavy atom. The highest BCUT2D eigenvalue weighted by molar-refractivity contribution is 9.10. The Labute approximate surface area is 163 Å². The molecule has 7 nitrogen and oxygen atoms in total. The number of carbonyl (C=O) groups is 1. The number of nitrogens with one attached hydrogen (secondary N) is 1. The first-order chi connectivity index (χ1) is 12.9. The van der Waals surface area contributed by atoms with Crippen LogP contribution in [0, 0.1) is 5.82 Å². The van der Waals surface area contributed by atoms with Crippen LogP contribution in [0.3, 0.4) is 0 Å². The maximum absolute atomic E-state index is 13.0. The number of anilines is 1. The van der Waals surface area contributed by atoms with Gasteiger partial charge < -0.3 is 14.2 Å². The van der Waals surface area contributed by atoms with Crippen LogP contribution in [-0.2, 0) is 11.3 Å². The van der Waals surface area contributed by atoms with Crippen molar-refractivity contribution in [1.29, 1.82) is 0 Å². The zero-order valence-corrected chi connectivity index (χ0v) is 16.4. The summed E-state index contributed by atoms with van der Waals surface area (Å²) in [7, 11) is 0. The number of halogens is 2. The van der Waals surface area contributed by atoms with E-state index in [9.17, 15) is 9.18 Å². The summed E-state index contributed by atoms with van der Waals surface area (Å²) in [6.07, 6.45) is 0. The molecule has 3 rings (SSSR count). The molecule has 0 radical (unpaired) electrons. The predicted molar refractivity (Wildman–Crippen MR) is 100 cm³/mol. The van der Waals surface area contributed by atoms with Crippen molar-refractivity contribution >= 4 is 27.5 Å². The van der Waals surface area contributed by atoms with Gasteiger partial charge >= 0.3 is 0 Å². The van der Waals surface area contributed by atoms with Crippen molar-refractivity contribution < 1.29 is 18.0 Å². The zero-order chi connectivity index (χ0) is 19.4. The molecule has 2 heterocycles. The van der Waals surface area contributed by atoms with Crippen LogP contribution < -0.4 is 5.32 Å². The van der Waals surface area contributed by atoms with Gasteiger partial charge in [-0.05, 0) is 66.2 Å². The minimum Gasteiger partial charge on any atom is -0.444 e. The van der Waals surface area contributed by atoms with Crippen molar-refractivity contribution in [3.63, 3.8) is 0 Å². The molecule has 0 saturated carbocycles. The molecule has 0 fully saturated rings. The second kappa shape index (κ2) is 8.45. The van der Waals surface area contributed by atoms with E-state index in [-0.39, 0.29) is 30.2 Å². The van der Waals surface area contributed by atoms with Gasteiger partial charge in [-0.25, -0.2) is 4.39 Å². The molecule has 1 N–H and O–H groups in total. The highest BCUT2D eigenvalue weighted by Gasteiger charge is 2.19. The molecule has 0 atom stereocenters. The van der Waals surface area contributed by atoms with Gasteiger partial charge in [0.2, 0.25) is 11.8 Å². The van der Waals surface area contributed by atoms with Crippen LogP contribution >= 0.6 is 15.9 Å². The normalized spacial score (nSPS) is 11.3. The molecule has 9 heteroatoms. The lowest BCUT2D eigenvalue weighted by molar-refractivity contribution is -0.117. The number of carbonyl (C=O) groups excluding carboxylic acids is 1. The first kappa shape index (κ1) is 19.2. The Morgan fingerprint density at radius 1 is 1.19 bits per heavy atom. The van der Waals surface area contributed by atoms with E-state index < -0.39 is 0 Å². The number of hydrogen-bond donors (Lipinski definition) is 1. The molecule has 1 amide bonds. The van der Waals surface area contributed by atoms with Gasteiger partial charge in [0.25, 0.3) is 5.89 Å². The zero-order valence-electron chi connectivity index (χ0n) is 14.8. The third-order valence-corrected chi connectivity index (χ3v) is 4.22. The minimum atomic E-state index is -0.354. The summed E-state index contributed by atoms with van der Waals surface area (Å²) in [5.41, 5.74) is 0.536. The Kier molecular flexibility index (Phi) is 6.02. The van der Waals surface area contributed by atoms with Crippen molar-refractivity contribution in [1.82, 2.24) is 15.1 Å². The van der Waals surface area contributed by atoms with Gasteiger partial charge in [-0.3, -0.25) is 9.69 Å². The highest BCUT2D eigenvalue weighted by Crippen LogP contribution is 2.24. The van der Waals surface area contributed by atoms with E-state index in [1.165, 1.54) is 24.3 Å². The van der Waals surface area contributed by atoms with Crippen molar-refractivity contribution in [2.45, 2.75) is 26.4 Å². The largest absolute Gasteiger partial charge is 0.444 e. The molecule has 0 saturated heterocycles. The van der Waals surface area contributed by atoms with Crippen molar-refractivity contribution in [2.75, 3.05) is 11.9 Å². The molecule has 0 bridgehead atoms. The van der Waals surface area contributed by atoms with Gasteiger partial charge in [0.05, 0.1) is 13.1 Å². The average Bonchev–Trinajstić information content (AvgIpc) is 3.25. The molecule has 0 aliphatic carbocycles. The molecular formula is C18H18BrFN4O3. The lowest BCUT2D eigenvalue weighted by Crippen LogP contribution is -2.37. The molecule has 0 aliphatic heterocycles. The summed E-state index contributed by atoms with van der Waals surface area (Å²) in [4.78, 5) is 14.2. The van der Waals surface area contributed by atoms with E-state index >= 15 is 0 Å². The Hall–Kier alpha value is -2.52. The van der Waals surface area contributed by atoms with Crippen molar-refractivity contribution in [3.8, 4) is 11.7 Å². The first-order valence-electron chi connectivity index (χ1n) is 8.28. The van der Waals surface area contributed by atoms with Gasteiger partial charge in [0.1, 0.15) is 5.82 Å². The van der Waals surface area contributed by atoms with Gasteiger partial charge in [-0.2, -0.15) is 0 Å². The molecule has 0 spiro atoms. The maximum Gasteiger partial charge on any atom is 0.283 e. The number of benzene rings is 1. The van der Waals surface area contributed by atoms with Crippen LogP contribution in [0.2, 0.25) is 0 Å². The number of rotatable bonds is 7. The van der Waals surface area contributed by atoms with E-state index in [2.05, 4.69) is 31.4 Å². The topological polar surface area (TPSA) is 84.4 Å². The van der Waals surface area contributed by atoms with Gasteiger partial charge in [0, 0.05) is 11.7 Å². The molecule has 142 valence electrons. The number of furan rings is 1. The number of aromatic nitrogens is 2. The van der Waals surface area contributed by atoms with Crippen molar-refractivity contribution in [3.05, 3.63) is 52.8 Å². The van der Waals surface area contributed by atoms with Crippen LogP contribution in [0.1, 0.15) is 19.7 Å². The third kappa shape index (κ3) is 5.24. The van der Waals surface area contributed by atoms with E-state index in [0.717, 1.165) is 0 Å². The number of nitrogens with zero attached hydrogens (tertiary/aromatic N) is 3. The molecule has 0 aliphatic rings. The second-order valence-corrected chi connectivity index (χ2v) is 6.94. The smallest absolute Gasteiger partial charge is 0.283 e. The number of hydrogen-bond acceptors (Lipinski definition) is 6. The van der Waals surface area contributed by atoms with E-state index in [1.807, 2.05) is 18.7 Å². The summed E-state index contributed by atoms with van der Waals surface area (Å²) in [6, 6.07) is 9.14. The molecule has 2 aromatic heterocycles. The lowest BCUT2D eigenvalue weighted by Gasteiger charge is -2.24. The summed E-state index contributed by atoms with van der Waals surface area (Å²) in [6.45, 7) is 4.36. The first-order valence-corrected chi connectivity index (χ1v) is 9.07. The summed E-state index contributed by atoms with van der Waals surface area (Å²) in [5.74, 6) is 0.541.